The predicted octanol–water partition coefficient (Wildman–Crippen LogP) is 2.44. The summed E-state index contributed by atoms with van der Waals surface area (Å²) in [7, 11) is 1.50. The third kappa shape index (κ3) is 2.57. The molecular formula is C16H20N4O2S2. The van der Waals surface area contributed by atoms with Gasteiger partial charge in [0, 0.05) is 23.9 Å². The van der Waals surface area contributed by atoms with Crippen molar-refractivity contribution >= 4 is 28.6 Å². The van der Waals surface area contributed by atoms with E-state index in [-0.39, 0.29) is 12.0 Å². The zero-order valence-electron chi connectivity index (χ0n) is 13.8. The topological polar surface area (TPSA) is 68.2 Å². The lowest BCUT2D eigenvalue weighted by Gasteiger charge is -2.34. The molecule has 2 fully saturated rings. The number of fused-ring (bicyclic) bond motifs is 2. The number of thiazole rings is 1. The largest absolute Gasteiger partial charge is 0.469 e. The Balaban J connectivity index is 1.62. The second-order valence-corrected chi connectivity index (χ2v) is 8.63. The van der Waals surface area contributed by atoms with Crippen LogP contribution >= 0.6 is 22.7 Å². The van der Waals surface area contributed by atoms with Crippen LogP contribution in [0.2, 0.25) is 0 Å². The van der Waals surface area contributed by atoms with Gasteiger partial charge in [-0.2, -0.15) is 0 Å². The Bertz CT molecular complexity index is 732. The number of carbonyl (C=O) groups is 1. The number of methoxy groups -OCH3 is 1. The molecule has 2 aromatic heterocycles. The van der Waals surface area contributed by atoms with Crippen molar-refractivity contribution in [2.75, 3.05) is 7.11 Å². The van der Waals surface area contributed by atoms with Gasteiger partial charge in [-0.15, -0.1) is 32.9 Å². The molecule has 0 unspecified atom stereocenters. The second kappa shape index (κ2) is 6.16. The quantitative estimate of drug-likeness (QED) is 0.759. The Morgan fingerprint density at radius 3 is 3.00 bits per heavy atom. The number of nitrogens with zero attached hydrogens (tertiary/aromatic N) is 4. The maximum atomic E-state index is 12.8. The first-order valence-electron chi connectivity index (χ1n) is 8.12. The third-order valence-electron chi connectivity index (χ3n) is 5.34. The number of rotatable bonds is 5. The molecule has 0 aromatic carbocycles. The summed E-state index contributed by atoms with van der Waals surface area (Å²) < 4.78 is 5.23. The summed E-state index contributed by atoms with van der Waals surface area (Å²) >= 11 is 3.21. The van der Waals surface area contributed by atoms with Gasteiger partial charge in [0.25, 0.3) is 0 Å². The van der Waals surface area contributed by atoms with E-state index in [2.05, 4.69) is 20.1 Å². The van der Waals surface area contributed by atoms with E-state index in [4.69, 9.17) is 4.74 Å². The van der Waals surface area contributed by atoms with Crippen LogP contribution in [0.4, 0.5) is 0 Å². The van der Waals surface area contributed by atoms with Gasteiger partial charge in [0.1, 0.15) is 10.0 Å². The van der Waals surface area contributed by atoms with Crippen LogP contribution in [0.1, 0.15) is 35.0 Å². The first kappa shape index (κ1) is 16.1. The third-order valence-corrected chi connectivity index (χ3v) is 6.80. The zero-order chi connectivity index (χ0) is 16.7. The lowest BCUT2D eigenvalue weighted by molar-refractivity contribution is -0.155. The van der Waals surface area contributed by atoms with Crippen LogP contribution < -0.4 is 0 Å². The molecule has 0 amide bonds. The van der Waals surface area contributed by atoms with Crippen molar-refractivity contribution in [1.82, 2.24) is 20.1 Å². The molecule has 2 aliphatic rings. The maximum Gasteiger partial charge on any atom is 0.313 e. The van der Waals surface area contributed by atoms with Gasteiger partial charge in [-0.3, -0.25) is 9.69 Å². The molecule has 0 spiro atoms. The van der Waals surface area contributed by atoms with Gasteiger partial charge >= 0.3 is 5.97 Å². The van der Waals surface area contributed by atoms with Crippen LogP contribution in [0, 0.1) is 12.3 Å². The molecule has 8 heteroatoms. The molecule has 4 heterocycles. The summed E-state index contributed by atoms with van der Waals surface area (Å²) in [4.78, 5) is 19.6. The smallest absolute Gasteiger partial charge is 0.313 e. The molecular weight excluding hydrogens is 344 g/mol. The van der Waals surface area contributed by atoms with Gasteiger partial charge in [0.15, 0.2) is 0 Å². The Morgan fingerprint density at radius 1 is 1.46 bits per heavy atom. The molecule has 2 aromatic rings. The van der Waals surface area contributed by atoms with E-state index in [0.29, 0.717) is 12.5 Å². The monoisotopic (exact) mass is 364 g/mol. The normalized spacial score (nSPS) is 29.2. The summed E-state index contributed by atoms with van der Waals surface area (Å²) in [6, 6.07) is 0.609. The van der Waals surface area contributed by atoms with Gasteiger partial charge in [0.2, 0.25) is 0 Å². The predicted molar refractivity (Wildman–Crippen MR) is 91.9 cm³/mol. The highest BCUT2D eigenvalue weighted by molar-refractivity contribution is 7.11. The highest BCUT2D eigenvalue weighted by Crippen LogP contribution is 2.52. The van der Waals surface area contributed by atoms with Crippen molar-refractivity contribution in [3.05, 3.63) is 26.6 Å². The van der Waals surface area contributed by atoms with Gasteiger partial charge in [-0.1, -0.05) is 0 Å². The fourth-order valence-electron chi connectivity index (χ4n) is 4.44. The summed E-state index contributed by atoms with van der Waals surface area (Å²) in [5.41, 5.74) is 2.34. The summed E-state index contributed by atoms with van der Waals surface area (Å²) in [5.74, 6) is -0.0962. The average Bonchev–Trinajstić information content (AvgIpc) is 3.34. The zero-order valence-corrected chi connectivity index (χ0v) is 15.4. The van der Waals surface area contributed by atoms with Gasteiger partial charge in [-0.25, -0.2) is 4.98 Å². The molecule has 3 atom stereocenters. The number of hydrogen-bond donors (Lipinski definition) is 0. The van der Waals surface area contributed by atoms with E-state index in [1.165, 1.54) is 7.11 Å². The fraction of sp³-hybridized carbons (Fsp3) is 0.625. The van der Waals surface area contributed by atoms with Crippen molar-refractivity contribution in [1.29, 1.82) is 0 Å². The van der Waals surface area contributed by atoms with Gasteiger partial charge < -0.3 is 4.74 Å². The minimum absolute atomic E-state index is 0.0962. The summed E-state index contributed by atoms with van der Waals surface area (Å²) in [5, 5.41) is 12.4. The molecule has 2 bridgehead atoms. The molecule has 24 heavy (non-hydrogen) atoms. The maximum absolute atomic E-state index is 12.8. The van der Waals surface area contributed by atoms with Crippen LogP contribution in [0.15, 0.2) is 10.9 Å². The Kier molecular flexibility index (Phi) is 4.14. The van der Waals surface area contributed by atoms with E-state index >= 15 is 0 Å². The van der Waals surface area contributed by atoms with Crippen LogP contribution in [-0.2, 0) is 22.5 Å². The van der Waals surface area contributed by atoms with Crippen molar-refractivity contribution in [3.63, 3.8) is 0 Å². The Morgan fingerprint density at radius 2 is 2.33 bits per heavy atom. The molecule has 128 valence electrons. The number of hydrogen-bond acceptors (Lipinski definition) is 8. The minimum Gasteiger partial charge on any atom is -0.469 e. The van der Waals surface area contributed by atoms with Crippen LogP contribution in [-0.4, -0.2) is 45.2 Å². The van der Waals surface area contributed by atoms with E-state index in [1.54, 1.807) is 22.7 Å². The highest BCUT2D eigenvalue weighted by atomic mass is 32.1. The fourth-order valence-corrected chi connectivity index (χ4v) is 5.71. The summed E-state index contributed by atoms with van der Waals surface area (Å²) in [6.45, 7) is 2.75. The Hall–Kier alpha value is -1.38. The van der Waals surface area contributed by atoms with Crippen molar-refractivity contribution in [2.45, 2.75) is 51.2 Å². The summed E-state index contributed by atoms with van der Waals surface area (Å²) in [6.07, 6.45) is 3.68. The number of carbonyl (C=O) groups excluding carboxylic acids is 1. The number of ether oxygens (including phenoxy) is 1. The number of aromatic nitrogens is 3. The number of aryl methyl sites for hydroxylation is 1. The first-order chi connectivity index (χ1) is 11.6. The second-order valence-electron chi connectivity index (χ2n) is 6.64. The highest BCUT2D eigenvalue weighted by Gasteiger charge is 2.60. The molecule has 0 radical (unpaired) electrons. The lowest BCUT2D eigenvalue weighted by Crippen LogP contribution is -2.45. The first-order valence-corrected chi connectivity index (χ1v) is 9.88. The van der Waals surface area contributed by atoms with Gasteiger partial charge in [0.05, 0.1) is 30.3 Å². The van der Waals surface area contributed by atoms with E-state index in [1.807, 2.05) is 17.8 Å². The van der Waals surface area contributed by atoms with E-state index in [9.17, 15) is 4.79 Å². The van der Waals surface area contributed by atoms with Crippen LogP contribution in [0.3, 0.4) is 0 Å². The standard InChI is InChI=1S/C16H20N4O2S2/c1-10-18-19-14(24-10)7-20-12-3-4-13(20)16(6-12,15(21)22-2)5-11-8-23-9-17-11/h8-9,12-13H,3-7H2,1-2H3/t12-,13+,16+/m1/s1. The SMILES string of the molecule is COC(=O)[C@@]1(Cc2cscn2)C[C@H]2CC[C@@H]1N2Cc1nnc(C)s1. The minimum atomic E-state index is -0.481. The van der Waals surface area contributed by atoms with Crippen molar-refractivity contribution < 1.29 is 9.53 Å². The molecule has 2 aliphatic heterocycles. The molecule has 2 saturated heterocycles. The molecule has 6 nitrogen and oxygen atoms in total. The van der Waals surface area contributed by atoms with Crippen molar-refractivity contribution in [3.8, 4) is 0 Å². The lowest BCUT2D eigenvalue weighted by atomic mass is 9.71. The van der Waals surface area contributed by atoms with Crippen LogP contribution in [0.25, 0.3) is 0 Å². The van der Waals surface area contributed by atoms with E-state index in [0.717, 1.165) is 41.5 Å². The van der Waals surface area contributed by atoms with E-state index < -0.39 is 5.41 Å². The average molecular weight is 364 g/mol. The van der Waals surface area contributed by atoms with Crippen molar-refractivity contribution in [2.24, 2.45) is 5.41 Å². The Labute approximate surface area is 148 Å². The number of esters is 1. The molecule has 0 aliphatic carbocycles. The molecule has 0 N–H and O–H groups in total. The van der Waals surface area contributed by atoms with Crippen LogP contribution in [0.5, 0.6) is 0 Å². The van der Waals surface area contributed by atoms with Gasteiger partial charge in [-0.05, 0) is 26.2 Å². The molecule has 4 rings (SSSR count). The molecule has 0 saturated carbocycles.